The van der Waals surface area contributed by atoms with Crippen molar-refractivity contribution < 1.29 is 14.6 Å². The zero-order valence-electron chi connectivity index (χ0n) is 14.1. The number of rotatable bonds is 3. The van der Waals surface area contributed by atoms with Crippen molar-refractivity contribution in [1.29, 1.82) is 0 Å². The Morgan fingerprint density at radius 3 is 2.68 bits per heavy atom. The first-order chi connectivity index (χ1) is 13.4. The average molecular weight is 415 g/mol. The fourth-order valence-electron chi connectivity index (χ4n) is 2.84. The summed E-state index contributed by atoms with van der Waals surface area (Å²) in [6.45, 7) is 0. The normalized spacial score (nSPS) is 11.5. The van der Waals surface area contributed by atoms with Gasteiger partial charge in [-0.3, -0.25) is 10.2 Å². The highest BCUT2D eigenvalue weighted by Gasteiger charge is 2.14. The van der Waals surface area contributed by atoms with Gasteiger partial charge in [0.25, 0.3) is 0 Å². The lowest BCUT2D eigenvalue weighted by Gasteiger charge is -2.06. The third-order valence-corrected chi connectivity index (χ3v) is 4.66. The van der Waals surface area contributed by atoms with Crippen LogP contribution >= 0.6 is 23.2 Å². The van der Waals surface area contributed by atoms with Gasteiger partial charge in [0.2, 0.25) is 5.43 Å². The van der Waals surface area contributed by atoms with Crippen LogP contribution in [0, 0.1) is 0 Å². The monoisotopic (exact) mass is 414 g/mol. The van der Waals surface area contributed by atoms with Crippen molar-refractivity contribution in [3.63, 3.8) is 0 Å². The molecule has 4 aromatic rings. The highest BCUT2D eigenvalue weighted by molar-refractivity contribution is 6.36. The van der Waals surface area contributed by atoms with E-state index in [9.17, 15) is 15.0 Å². The number of hydrogen-bond acceptors (Lipinski definition) is 6. The molecule has 6 nitrogen and oxygen atoms in total. The molecule has 0 radical (unpaired) electrons. The number of nitrogens with zero attached hydrogens (tertiary/aromatic N) is 1. The molecular formula is C20H12Cl2N2O4. The molecule has 0 aliphatic carbocycles. The van der Waals surface area contributed by atoms with Crippen molar-refractivity contribution in [3.05, 3.63) is 74.4 Å². The molecule has 0 spiro atoms. The second kappa shape index (κ2) is 7.07. The number of halogens is 2. The summed E-state index contributed by atoms with van der Waals surface area (Å²) in [6, 6.07) is 12.3. The van der Waals surface area contributed by atoms with Crippen LogP contribution in [0.2, 0.25) is 10.0 Å². The molecule has 0 aliphatic rings. The predicted octanol–water partition coefficient (Wildman–Crippen LogP) is 5.11. The summed E-state index contributed by atoms with van der Waals surface area (Å²) < 4.78 is 5.78. The molecule has 3 aromatic carbocycles. The first-order valence-electron chi connectivity index (χ1n) is 8.09. The fraction of sp³-hybridized carbons (Fsp3) is 0. The molecule has 1 aromatic heterocycles. The van der Waals surface area contributed by atoms with Crippen LogP contribution in [-0.2, 0) is 0 Å². The van der Waals surface area contributed by atoms with Crippen molar-refractivity contribution in [2.24, 2.45) is 5.10 Å². The Kier molecular flexibility index (Phi) is 4.58. The molecule has 0 fully saturated rings. The number of anilines is 1. The fourth-order valence-corrected chi connectivity index (χ4v) is 3.29. The van der Waals surface area contributed by atoms with Crippen molar-refractivity contribution >= 4 is 57.0 Å². The summed E-state index contributed by atoms with van der Waals surface area (Å²) in [5.74, 6) is -0.554. The summed E-state index contributed by atoms with van der Waals surface area (Å²) >= 11 is 12.0. The maximum Gasteiger partial charge on any atom is 0.204 e. The van der Waals surface area contributed by atoms with Crippen LogP contribution in [0.15, 0.2) is 62.8 Å². The van der Waals surface area contributed by atoms with Gasteiger partial charge in [-0.15, -0.1) is 0 Å². The van der Waals surface area contributed by atoms with E-state index in [0.29, 0.717) is 21.3 Å². The van der Waals surface area contributed by atoms with E-state index in [-0.39, 0.29) is 33.4 Å². The zero-order chi connectivity index (χ0) is 19.8. The van der Waals surface area contributed by atoms with Crippen LogP contribution in [0.5, 0.6) is 11.5 Å². The number of aromatic hydroxyl groups is 2. The van der Waals surface area contributed by atoms with Gasteiger partial charge in [-0.25, -0.2) is 0 Å². The minimum Gasteiger partial charge on any atom is -0.508 e. The van der Waals surface area contributed by atoms with Gasteiger partial charge < -0.3 is 14.6 Å². The number of fused-ring (bicyclic) bond motifs is 2. The molecule has 0 atom stereocenters. The summed E-state index contributed by atoms with van der Waals surface area (Å²) in [5, 5.41) is 25.0. The number of para-hydroxylation sites is 1. The van der Waals surface area contributed by atoms with E-state index in [0.717, 1.165) is 6.07 Å². The Hall–Kier alpha value is -3.22. The van der Waals surface area contributed by atoms with E-state index in [1.165, 1.54) is 12.3 Å². The Bertz CT molecular complexity index is 1320. The molecule has 0 aliphatic heterocycles. The molecule has 3 N–H and O–H groups in total. The molecule has 0 unspecified atom stereocenters. The van der Waals surface area contributed by atoms with Gasteiger partial charge in [-0.05, 0) is 30.3 Å². The highest BCUT2D eigenvalue weighted by Crippen LogP contribution is 2.30. The summed E-state index contributed by atoms with van der Waals surface area (Å²) in [4.78, 5) is 12.8. The lowest BCUT2D eigenvalue weighted by atomic mass is 10.1. The van der Waals surface area contributed by atoms with Crippen molar-refractivity contribution in [2.45, 2.75) is 0 Å². The molecular weight excluding hydrogens is 403 g/mol. The standard InChI is InChI=1S/C20H12Cl2N2O4/c21-11-4-5-15(14(22)6-11)24-23-9-10-2-1-3-13-19(27)18-16(26)7-12(25)8-17(18)28-20(10)13/h1-9,24-26H/b23-9+. The van der Waals surface area contributed by atoms with Crippen LogP contribution in [0.1, 0.15) is 5.56 Å². The van der Waals surface area contributed by atoms with Crippen molar-refractivity contribution in [2.75, 3.05) is 5.43 Å². The molecule has 0 amide bonds. The predicted molar refractivity (Wildman–Crippen MR) is 111 cm³/mol. The number of nitrogens with one attached hydrogen (secondary N) is 1. The smallest absolute Gasteiger partial charge is 0.204 e. The lowest BCUT2D eigenvalue weighted by Crippen LogP contribution is -2.04. The van der Waals surface area contributed by atoms with Gasteiger partial charge in [0.05, 0.1) is 22.3 Å². The van der Waals surface area contributed by atoms with Gasteiger partial charge in [0, 0.05) is 22.7 Å². The molecule has 8 heteroatoms. The van der Waals surface area contributed by atoms with Crippen molar-refractivity contribution in [1.82, 2.24) is 0 Å². The number of benzene rings is 3. The summed E-state index contributed by atoms with van der Waals surface area (Å²) in [5.41, 5.74) is 3.83. The zero-order valence-corrected chi connectivity index (χ0v) is 15.6. The molecule has 4 rings (SSSR count). The van der Waals surface area contributed by atoms with Gasteiger partial charge >= 0.3 is 0 Å². The maximum absolute atomic E-state index is 12.8. The van der Waals surface area contributed by atoms with Crippen LogP contribution in [0.4, 0.5) is 5.69 Å². The second-order valence-corrected chi connectivity index (χ2v) is 6.83. The van der Waals surface area contributed by atoms with Crippen LogP contribution in [-0.4, -0.2) is 16.4 Å². The van der Waals surface area contributed by atoms with Crippen LogP contribution < -0.4 is 10.9 Å². The Morgan fingerprint density at radius 1 is 1.07 bits per heavy atom. The molecule has 1 heterocycles. The van der Waals surface area contributed by atoms with Gasteiger partial charge in [-0.1, -0.05) is 29.3 Å². The van der Waals surface area contributed by atoms with Crippen LogP contribution in [0.3, 0.4) is 0 Å². The Labute approximate surface area is 168 Å². The molecule has 140 valence electrons. The van der Waals surface area contributed by atoms with E-state index in [2.05, 4.69) is 10.5 Å². The van der Waals surface area contributed by atoms with Crippen LogP contribution in [0.25, 0.3) is 21.9 Å². The minimum atomic E-state index is -0.405. The quantitative estimate of drug-likeness (QED) is 0.246. The number of phenolic OH excluding ortho intramolecular Hbond substituents is 2. The van der Waals surface area contributed by atoms with Crippen molar-refractivity contribution in [3.8, 4) is 11.5 Å². The Balaban J connectivity index is 1.80. The molecule has 0 bridgehead atoms. The van der Waals surface area contributed by atoms with E-state index in [1.807, 2.05) is 0 Å². The second-order valence-electron chi connectivity index (χ2n) is 5.99. The average Bonchev–Trinajstić information content (AvgIpc) is 2.63. The number of hydrogen-bond donors (Lipinski definition) is 3. The molecule has 0 saturated carbocycles. The van der Waals surface area contributed by atoms with Gasteiger partial charge in [0.15, 0.2) is 0 Å². The van der Waals surface area contributed by atoms with Gasteiger partial charge in [-0.2, -0.15) is 5.10 Å². The van der Waals surface area contributed by atoms with E-state index >= 15 is 0 Å². The van der Waals surface area contributed by atoms with E-state index < -0.39 is 5.43 Å². The first-order valence-corrected chi connectivity index (χ1v) is 8.85. The number of phenols is 2. The first kappa shape index (κ1) is 18.2. The topological polar surface area (TPSA) is 95.1 Å². The lowest BCUT2D eigenvalue weighted by molar-refractivity contribution is 0.453. The molecule has 28 heavy (non-hydrogen) atoms. The minimum absolute atomic E-state index is 0.00506. The summed E-state index contributed by atoms with van der Waals surface area (Å²) in [7, 11) is 0. The maximum atomic E-state index is 12.8. The van der Waals surface area contributed by atoms with E-state index in [4.69, 9.17) is 27.6 Å². The molecule has 0 saturated heterocycles. The summed E-state index contributed by atoms with van der Waals surface area (Å²) in [6.07, 6.45) is 1.48. The largest absolute Gasteiger partial charge is 0.508 e. The highest BCUT2D eigenvalue weighted by atomic mass is 35.5. The van der Waals surface area contributed by atoms with Gasteiger partial charge in [0.1, 0.15) is 28.1 Å². The van der Waals surface area contributed by atoms with E-state index in [1.54, 1.807) is 36.4 Å². The third kappa shape index (κ3) is 3.24. The third-order valence-electron chi connectivity index (χ3n) is 4.12. The SMILES string of the molecule is O=c1c2cccc(/C=N/Nc3ccc(Cl)cc3Cl)c2oc2cc(O)cc(O)c12. The Morgan fingerprint density at radius 2 is 1.89 bits per heavy atom. The number of hydrazone groups is 1.